The van der Waals surface area contributed by atoms with Crippen LogP contribution in [0.4, 0.5) is 0 Å². The van der Waals surface area contributed by atoms with Gasteiger partial charge in [-0.05, 0) is 43.7 Å². The Hall–Kier alpha value is -1.94. The van der Waals surface area contributed by atoms with Crippen molar-refractivity contribution in [2.75, 3.05) is 0 Å². The molecule has 0 radical (unpaired) electrons. The maximum Gasteiger partial charge on any atom is 0.272 e. The van der Waals surface area contributed by atoms with Crippen molar-refractivity contribution < 1.29 is 4.79 Å². The number of rotatable bonds is 3. The predicted molar refractivity (Wildman–Crippen MR) is 87.2 cm³/mol. The van der Waals surface area contributed by atoms with E-state index in [2.05, 4.69) is 10.5 Å². The Balaban J connectivity index is 1.66. The third kappa shape index (κ3) is 3.22. The van der Waals surface area contributed by atoms with Gasteiger partial charge in [-0.15, -0.1) is 11.3 Å². The van der Waals surface area contributed by atoms with Crippen LogP contribution >= 0.6 is 11.3 Å². The fraction of sp³-hybridized carbons (Fsp3) is 0.294. The number of benzene rings is 1. The molecule has 1 N–H and O–H groups in total. The van der Waals surface area contributed by atoms with Gasteiger partial charge in [-0.2, -0.15) is 5.10 Å². The van der Waals surface area contributed by atoms with Crippen LogP contribution in [0.5, 0.6) is 0 Å². The first-order valence-electron chi connectivity index (χ1n) is 7.23. The van der Waals surface area contributed by atoms with Gasteiger partial charge in [-0.1, -0.05) is 29.8 Å². The standard InChI is InChI=1S/C17H18N2OS/c1-12-6-8-13(9-7-12)10-18-19-17(20)15-11-21-16-5-3-2-4-14(15)16/h6-11H,2-5H2,1H3,(H,19,20)/b18-10-. The molecule has 21 heavy (non-hydrogen) atoms. The number of carbonyl (C=O) groups is 1. The quantitative estimate of drug-likeness (QED) is 0.681. The van der Waals surface area contributed by atoms with Gasteiger partial charge in [-0.3, -0.25) is 4.79 Å². The van der Waals surface area contributed by atoms with Crippen LogP contribution in [0.15, 0.2) is 34.7 Å². The molecule has 0 spiro atoms. The minimum absolute atomic E-state index is 0.0993. The van der Waals surface area contributed by atoms with Crippen LogP contribution in [0.2, 0.25) is 0 Å². The summed E-state index contributed by atoms with van der Waals surface area (Å²) in [5, 5.41) is 6.02. The number of thiophene rings is 1. The molecule has 1 aliphatic rings. The first-order valence-corrected chi connectivity index (χ1v) is 8.11. The maximum atomic E-state index is 12.2. The number of nitrogens with one attached hydrogen (secondary N) is 1. The summed E-state index contributed by atoms with van der Waals surface area (Å²) in [5.41, 5.74) is 6.86. The van der Waals surface area contributed by atoms with Gasteiger partial charge in [0, 0.05) is 10.3 Å². The highest BCUT2D eigenvalue weighted by Crippen LogP contribution is 2.30. The zero-order valence-electron chi connectivity index (χ0n) is 12.1. The average molecular weight is 298 g/mol. The lowest BCUT2D eigenvalue weighted by atomic mass is 9.96. The van der Waals surface area contributed by atoms with E-state index in [1.165, 1.54) is 28.8 Å². The predicted octanol–water partition coefficient (Wildman–Crippen LogP) is 3.70. The van der Waals surface area contributed by atoms with Crippen molar-refractivity contribution in [2.24, 2.45) is 5.10 Å². The summed E-state index contributed by atoms with van der Waals surface area (Å²) in [6, 6.07) is 8.02. The molecule has 108 valence electrons. The Kier molecular flexibility index (Phi) is 4.15. The van der Waals surface area contributed by atoms with E-state index in [9.17, 15) is 4.79 Å². The van der Waals surface area contributed by atoms with Gasteiger partial charge in [0.25, 0.3) is 5.91 Å². The van der Waals surface area contributed by atoms with E-state index >= 15 is 0 Å². The molecule has 0 unspecified atom stereocenters. The number of amides is 1. The second kappa shape index (κ2) is 6.22. The molecule has 4 heteroatoms. The summed E-state index contributed by atoms with van der Waals surface area (Å²) in [6.45, 7) is 2.04. The Morgan fingerprint density at radius 1 is 1.24 bits per heavy atom. The molecule has 0 aliphatic heterocycles. The fourth-order valence-electron chi connectivity index (χ4n) is 2.56. The summed E-state index contributed by atoms with van der Waals surface area (Å²) >= 11 is 1.70. The van der Waals surface area contributed by atoms with Crippen molar-refractivity contribution in [1.29, 1.82) is 0 Å². The summed E-state index contributed by atoms with van der Waals surface area (Å²) in [5.74, 6) is -0.0993. The molecular weight excluding hydrogens is 280 g/mol. The van der Waals surface area contributed by atoms with Crippen molar-refractivity contribution in [3.8, 4) is 0 Å². The molecule has 0 saturated heterocycles. The Bertz CT molecular complexity index is 671. The van der Waals surface area contributed by atoms with Gasteiger partial charge in [-0.25, -0.2) is 5.43 Å². The topological polar surface area (TPSA) is 41.5 Å². The molecule has 1 aliphatic carbocycles. The van der Waals surface area contributed by atoms with E-state index in [0.29, 0.717) is 0 Å². The third-order valence-corrected chi connectivity index (χ3v) is 4.85. The van der Waals surface area contributed by atoms with E-state index in [1.807, 2.05) is 36.6 Å². The summed E-state index contributed by atoms with van der Waals surface area (Å²) in [7, 11) is 0. The highest BCUT2D eigenvalue weighted by molar-refractivity contribution is 7.10. The van der Waals surface area contributed by atoms with Gasteiger partial charge in [0.2, 0.25) is 0 Å². The number of hydrogen-bond acceptors (Lipinski definition) is 3. The second-order valence-electron chi connectivity index (χ2n) is 5.37. The first-order chi connectivity index (χ1) is 10.2. The van der Waals surface area contributed by atoms with E-state index in [-0.39, 0.29) is 5.91 Å². The molecule has 1 aromatic carbocycles. The van der Waals surface area contributed by atoms with Crippen LogP contribution in [0.3, 0.4) is 0 Å². The number of fused-ring (bicyclic) bond motifs is 1. The highest BCUT2D eigenvalue weighted by Gasteiger charge is 2.19. The lowest BCUT2D eigenvalue weighted by Crippen LogP contribution is -2.19. The van der Waals surface area contributed by atoms with Crippen LogP contribution in [0.25, 0.3) is 0 Å². The molecule has 0 saturated carbocycles. The second-order valence-corrected chi connectivity index (χ2v) is 6.33. The number of hydrazone groups is 1. The highest BCUT2D eigenvalue weighted by atomic mass is 32.1. The Labute approximate surface area is 128 Å². The first kappa shape index (κ1) is 14.0. The molecule has 3 rings (SSSR count). The minimum Gasteiger partial charge on any atom is -0.267 e. The van der Waals surface area contributed by atoms with Crippen LogP contribution in [-0.2, 0) is 12.8 Å². The maximum absolute atomic E-state index is 12.2. The lowest BCUT2D eigenvalue weighted by Gasteiger charge is -2.11. The fourth-order valence-corrected chi connectivity index (χ4v) is 3.69. The Morgan fingerprint density at radius 3 is 2.81 bits per heavy atom. The van der Waals surface area contributed by atoms with Crippen molar-refractivity contribution in [3.05, 3.63) is 56.8 Å². The zero-order valence-corrected chi connectivity index (χ0v) is 12.9. The molecule has 2 aromatic rings. The molecule has 0 atom stereocenters. The van der Waals surface area contributed by atoms with Crippen molar-refractivity contribution >= 4 is 23.5 Å². The Morgan fingerprint density at radius 2 is 2.00 bits per heavy atom. The van der Waals surface area contributed by atoms with Crippen molar-refractivity contribution in [1.82, 2.24) is 5.43 Å². The van der Waals surface area contributed by atoms with Crippen LogP contribution < -0.4 is 5.43 Å². The van der Waals surface area contributed by atoms with Gasteiger partial charge >= 0.3 is 0 Å². The molecule has 3 nitrogen and oxygen atoms in total. The van der Waals surface area contributed by atoms with Gasteiger partial charge < -0.3 is 0 Å². The number of hydrogen-bond donors (Lipinski definition) is 1. The van der Waals surface area contributed by atoms with Gasteiger partial charge in [0.05, 0.1) is 11.8 Å². The largest absolute Gasteiger partial charge is 0.272 e. The van der Waals surface area contributed by atoms with E-state index < -0.39 is 0 Å². The van der Waals surface area contributed by atoms with Crippen LogP contribution in [0, 0.1) is 6.92 Å². The summed E-state index contributed by atoms with van der Waals surface area (Å²) in [6.07, 6.45) is 6.22. The summed E-state index contributed by atoms with van der Waals surface area (Å²) in [4.78, 5) is 13.6. The van der Waals surface area contributed by atoms with Gasteiger partial charge in [0.1, 0.15) is 0 Å². The third-order valence-electron chi connectivity index (χ3n) is 3.76. The SMILES string of the molecule is Cc1ccc(/C=N\NC(=O)c2csc3c2CCCC3)cc1. The van der Waals surface area contributed by atoms with Crippen LogP contribution in [0.1, 0.15) is 44.8 Å². The molecular formula is C17H18N2OS. The average Bonchev–Trinajstić information content (AvgIpc) is 2.93. The smallest absolute Gasteiger partial charge is 0.267 e. The number of nitrogens with zero attached hydrogens (tertiary/aromatic N) is 1. The molecule has 0 bridgehead atoms. The van der Waals surface area contributed by atoms with Crippen molar-refractivity contribution in [2.45, 2.75) is 32.6 Å². The molecule has 1 heterocycles. The summed E-state index contributed by atoms with van der Waals surface area (Å²) < 4.78 is 0. The van der Waals surface area contributed by atoms with Crippen molar-refractivity contribution in [3.63, 3.8) is 0 Å². The normalized spacial score (nSPS) is 14.1. The van der Waals surface area contributed by atoms with E-state index in [1.54, 1.807) is 17.6 Å². The number of aryl methyl sites for hydroxylation is 2. The van der Waals surface area contributed by atoms with E-state index in [4.69, 9.17) is 0 Å². The monoisotopic (exact) mass is 298 g/mol. The van der Waals surface area contributed by atoms with E-state index in [0.717, 1.165) is 24.0 Å². The molecule has 0 fully saturated rings. The van der Waals surface area contributed by atoms with Gasteiger partial charge in [0.15, 0.2) is 0 Å². The van der Waals surface area contributed by atoms with Crippen LogP contribution in [-0.4, -0.2) is 12.1 Å². The number of carbonyl (C=O) groups excluding carboxylic acids is 1. The minimum atomic E-state index is -0.0993. The lowest BCUT2D eigenvalue weighted by molar-refractivity contribution is 0.0954. The molecule has 1 amide bonds. The zero-order chi connectivity index (χ0) is 14.7. The molecule has 1 aromatic heterocycles.